The molecule has 2 rings (SSSR count). The summed E-state index contributed by atoms with van der Waals surface area (Å²) in [4.78, 5) is 5.09. The lowest BCUT2D eigenvalue weighted by Gasteiger charge is -2.08. The predicted octanol–water partition coefficient (Wildman–Crippen LogP) is 2.81. The van der Waals surface area contributed by atoms with Crippen LogP contribution >= 0.6 is 11.3 Å². The largest absolute Gasteiger partial charge is 0.382 e. The monoisotopic (exact) mass is 217 g/mol. The summed E-state index contributed by atoms with van der Waals surface area (Å²) in [5.74, 6) is 0.482. The van der Waals surface area contributed by atoms with Crippen molar-refractivity contribution in [3.63, 3.8) is 0 Å². The van der Waals surface area contributed by atoms with Crippen LogP contribution in [0.4, 0.5) is 11.5 Å². The Kier molecular flexibility index (Phi) is 2.69. The number of thiophene rings is 1. The molecule has 0 atom stereocenters. The van der Waals surface area contributed by atoms with Gasteiger partial charge >= 0.3 is 0 Å². The molecule has 0 unspecified atom stereocenters. The smallest absolute Gasteiger partial charge is 0.147 e. The maximum absolute atomic E-state index is 5.71. The zero-order valence-electron chi connectivity index (χ0n) is 8.10. The van der Waals surface area contributed by atoms with Gasteiger partial charge in [0, 0.05) is 16.8 Å². The molecule has 15 heavy (non-hydrogen) atoms. The van der Waals surface area contributed by atoms with Gasteiger partial charge in [-0.3, -0.25) is 0 Å². The van der Waals surface area contributed by atoms with E-state index in [0.717, 1.165) is 16.3 Å². The van der Waals surface area contributed by atoms with Crippen LogP contribution in [-0.4, -0.2) is 4.98 Å². The molecule has 76 valence electrons. The predicted molar refractivity (Wildman–Crippen MR) is 65.6 cm³/mol. The van der Waals surface area contributed by atoms with Gasteiger partial charge in [0.15, 0.2) is 0 Å². The molecule has 0 radical (unpaired) electrons. The fourth-order valence-corrected chi connectivity index (χ4v) is 1.85. The highest BCUT2D eigenvalue weighted by atomic mass is 32.1. The number of hydrogen-bond donors (Lipinski definition) is 2. The maximum Gasteiger partial charge on any atom is 0.147 e. The molecule has 2 heterocycles. The third-order valence-electron chi connectivity index (χ3n) is 1.94. The number of pyridine rings is 1. The first kappa shape index (κ1) is 9.73. The second kappa shape index (κ2) is 4.14. The number of nitrogen functional groups attached to an aromatic ring is 1. The zero-order chi connectivity index (χ0) is 10.7. The van der Waals surface area contributed by atoms with Gasteiger partial charge in [-0.25, -0.2) is 4.98 Å². The number of anilines is 2. The Morgan fingerprint density at radius 1 is 1.40 bits per heavy atom. The summed E-state index contributed by atoms with van der Waals surface area (Å²) in [6.45, 7) is 3.95. The minimum Gasteiger partial charge on any atom is -0.382 e. The normalized spacial score (nSPS) is 9.87. The molecule has 0 amide bonds. The molecular weight excluding hydrogens is 206 g/mol. The number of hydrogen-bond acceptors (Lipinski definition) is 4. The van der Waals surface area contributed by atoms with Crippen molar-refractivity contribution in [3.8, 4) is 0 Å². The van der Waals surface area contributed by atoms with Crippen LogP contribution in [0, 0.1) is 0 Å². The van der Waals surface area contributed by atoms with Crippen molar-refractivity contribution in [2.45, 2.75) is 0 Å². The van der Waals surface area contributed by atoms with Crippen LogP contribution in [0.1, 0.15) is 4.88 Å². The molecule has 2 aromatic heterocycles. The van der Waals surface area contributed by atoms with Gasteiger partial charge in [-0.05, 0) is 23.6 Å². The summed E-state index contributed by atoms with van der Waals surface area (Å²) in [5, 5.41) is 5.15. The molecule has 0 aromatic carbocycles. The summed E-state index contributed by atoms with van der Waals surface area (Å²) in [5.41, 5.74) is 7.34. The standard InChI is InChI=1S/C11H11N3S/c1-8(10-5-3-7-15-10)14-9-4-2-6-13-11(9)12/h2-7,14H,1H2,(H2,12,13). The second-order valence-electron chi connectivity index (χ2n) is 3.02. The van der Waals surface area contributed by atoms with Crippen molar-refractivity contribution in [1.82, 2.24) is 4.98 Å². The molecule has 0 spiro atoms. The summed E-state index contributed by atoms with van der Waals surface area (Å²) in [6, 6.07) is 7.70. The minimum absolute atomic E-state index is 0.482. The van der Waals surface area contributed by atoms with E-state index in [1.807, 2.05) is 29.6 Å². The number of nitrogens with two attached hydrogens (primary N) is 1. The van der Waals surface area contributed by atoms with Crippen LogP contribution in [0.2, 0.25) is 0 Å². The molecule has 0 saturated carbocycles. The lowest BCUT2D eigenvalue weighted by atomic mass is 10.3. The van der Waals surface area contributed by atoms with Crippen LogP contribution in [0.25, 0.3) is 5.70 Å². The molecular formula is C11H11N3S. The van der Waals surface area contributed by atoms with E-state index < -0.39 is 0 Å². The van der Waals surface area contributed by atoms with Gasteiger partial charge in [0.25, 0.3) is 0 Å². The Morgan fingerprint density at radius 3 is 2.93 bits per heavy atom. The van der Waals surface area contributed by atoms with E-state index in [0.29, 0.717) is 5.82 Å². The van der Waals surface area contributed by atoms with E-state index in [9.17, 15) is 0 Å². The van der Waals surface area contributed by atoms with Gasteiger partial charge in [0.2, 0.25) is 0 Å². The number of aromatic nitrogens is 1. The second-order valence-corrected chi connectivity index (χ2v) is 3.96. The molecule has 3 nitrogen and oxygen atoms in total. The fraction of sp³-hybridized carbons (Fsp3) is 0. The first-order chi connectivity index (χ1) is 7.27. The van der Waals surface area contributed by atoms with Gasteiger partial charge in [0.05, 0.1) is 5.69 Å². The molecule has 0 aliphatic carbocycles. The van der Waals surface area contributed by atoms with Crippen molar-refractivity contribution >= 4 is 28.5 Å². The van der Waals surface area contributed by atoms with Gasteiger partial charge in [-0.15, -0.1) is 11.3 Å². The van der Waals surface area contributed by atoms with Crippen LogP contribution in [0.15, 0.2) is 42.4 Å². The highest BCUT2D eigenvalue weighted by molar-refractivity contribution is 7.11. The number of rotatable bonds is 3. The van der Waals surface area contributed by atoms with Gasteiger partial charge in [0.1, 0.15) is 5.82 Å². The van der Waals surface area contributed by atoms with Crippen LogP contribution in [-0.2, 0) is 0 Å². The molecule has 0 aliphatic rings. The van der Waals surface area contributed by atoms with Crippen molar-refractivity contribution < 1.29 is 0 Å². The lowest BCUT2D eigenvalue weighted by Crippen LogP contribution is -2.00. The molecule has 0 fully saturated rings. The Bertz CT molecular complexity index is 462. The third kappa shape index (κ3) is 2.16. The van der Waals surface area contributed by atoms with Gasteiger partial charge in [-0.1, -0.05) is 12.6 Å². The van der Waals surface area contributed by atoms with E-state index in [4.69, 9.17) is 5.73 Å². The Balaban J connectivity index is 2.17. The average Bonchev–Trinajstić information content (AvgIpc) is 2.74. The number of nitrogens with zero attached hydrogens (tertiary/aromatic N) is 1. The highest BCUT2D eigenvalue weighted by Gasteiger charge is 2.02. The summed E-state index contributed by atoms with van der Waals surface area (Å²) < 4.78 is 0. The molecule has 0 aliphatic heterocycles. The molecule has 4 heteroatoms. The Hall–Kier alpha value is -1.81. The van der Waals surface area contributed by atoms with E-state index >= 15 is 0 Å². The first-order valence-corrected chi connectivity index (χ1v) is 5.35. The molecule has 3 N–H and O–H groups in total. The number of nitrogens with one attached hydrogen (secondary N) is 1. The molecule has 0 bridgehead atoms. The van der Waals surface area contributed by atoms with Crippen molar-refractivity contribution in [3.05, 3.63) is 47.3 Å². The quantitative estimate of drug-likeness (QED) is 0.831. The van der Waals surface area contributed by atoms with E-state index in [2.05, 4.69) is 16.9 Å². The maximum atomic E-state index is 5.71. The summed E-state index contributed by atoms with van der Waals surface area (Å²) in [6.07, 6.45) is 1.66. The van der Waals surface area contributed by atoms with Gasteiger partial charge in [-0.2, -0.15) is 0 Å². The van der Waals surface area contributed by atoms with Crippen LogP contribution < -0.4 is 11.1 Å². The summed E-state index contributed by atoms with van der Waals surface area (Å²) >= 11 is 1.63. The third-order valence-corrected chi connectivity index (χ3v) is 2.87. The van der Waals surface area contributed by atoms with Crippen LogP contribution in [0.5, 0.6) is 0 Å². The molecule has 2 aromatic rings. The fourth-order valence-electron chi connectivity index (χ4n) is 1.20. The van der Waals surface area contributed by atoms with Crippen molar-refractivity contribution in [1.29, 1.82) is 0 Å². The van der Waals surface area contributed by atoms with Crippen LogP contribution in [0.3, 0.4) is 0 Å². The average molecular weight is 217 g/mol. The van der Waals surface area contributed by atoms with E-state index in [-0.39, 0.29) is 0 Å². The highest BCUT2D eigenvalue weighted by Crippen LogP contribution is 2.23. The van der Waals surface area contributed by atoms with Gasteiger partial charge < -0.3 is 11.1 Å². The van der Waals surface area contributed by atoms with E-state index in [1.165, 1.54) is 0 Å². The Morgan fingerprint density at radius 2 is 2.27 bits per heavy atom. The van der Waals surface area contributed by atoms with Crippen molar-refractivity contribution in [2.24, 2.45) is 0 Å². The minimum atomic E-state index is 0.482. The van der Waals surface area contributed by atoms with E-state index in [1.54, 1.807) is 17.5 Å². The lowest BCUT2D eigenvalue weighted by molar-refractivity contribution is 1.33. The van der Waals surface area contributed by atoms with Crippen molar-refractivity contribution in [2.75, 3.05) is 11.1 Å². The first-order valence-electron chi connectivity index (χ1n) is 4.47. The Labute approximate surface area is 92.3 Å². The summed E-state index contributed by atoms with van der Waals surface area (Å²) in [7, 11) is 0. The zero-order valence-corrected chi connectivity index (χ0v) is 8.92. The topological polar surface area (TPSA) is 50.9 Å². The SMILES string of the molecule is C=C(Nc1cccnc1N)c1cccs1. The molecule has 0 saturated heterocycles.